The Morgan fingerprint density at radius 1 is 1.24 bits per heavy atom. The number of nitrogens with zero attached hydrogens (tertiary/aromatic N) is 2. The molecule has 0 heterocycles. The van der Waals surface area contributed by atoms with E-state index in [1.165, 1.54) is 0 Å². The van der Waals surface area contributed by atoms with Gasteiger partial charge in [0, 0.05) is 5.56 Å². The Bertz CT molecular complexity index is 476. The van der Waals surface area contributed by atoms with Crippen LogP contribution < -0.4 is 0 Å². The summed E-state index contributed by atoms with van der Waals surface area (Å²) in [5, 5.41) is 21.3. The molecule has 0 saturated heterocycles. The molecule has 0 fully saturated rings. The molecule has 1 aromatic rings. The van der Waals surface area contributed by atoms with Gasteiger partial charge in [0.2, 0.25) is 5.82 Å². The fourth-order valence-corrected chi connectivity index (χ4v) is 1.48. The summed E-state index contributed by atoms with van der Waals surface area (Å²) in [6.45, 7) is 3.50. The van der Waals surface area contributed by atoms with Crippen molar-refractivity contribution >= 4 is 11.4 Å². The molecule has 0 aliphatic rings. The maximum atomic E-state index is 13.4. The standard InChI is InChI=1S/C10H11FN2O4/c1-3-6(2)7-4-8(11)10(13(16)17)5-9(7)12(14)15/h4-6H,3H2,1-2H3/t6-/m0/s1. The molecule has 0 aromatic heterocycles. The van der Waals surface area contributed by atoms with Crippen LogP contribution in [0.4, 0.5) is 15.8 Å². The van der Waals surface area contributed by atoms with Crippen molar-refractivity contribution in [2.75, 3.05) is 0 Å². The molecule has 0 radical (unpaired) electrons. The van der Waals surface area contributed by atoms with E-state index in [2.05, 4.69) is 0 Å². The highest BCUT2D eigenvalue weighted by atomic mass is 19.1. The van der Waals surface area contributed by atoms with E-state index < -0.39 is 27.0 Å². The Hall–Kier alpha value is -2.05. The van der Waals surface area contributed by atoms with E-state index in [1.54, 1.807) is 13.8 Å². The fraction of sp³-hybridized carbons (Fsp3) is 0.400. The Labute approximate surface area is 96.4 Å². The van der Waals surface area contributed by atoms with Crippen LogP contribution in [0.2, 0.25) is 0 Å². The minimum atomic E-state index is -1.05. The zero-order chi connectivity index (χ0) is 13.2. The van der Waals surface area contributed by atoms with Crippen LogP contribution in [0.3, 0.4) is 0 Å². The van der Waals surface area contributed by atoms with Gasteiger partial charge in [-0.15, -0.1) is 0 Å². The summed E-state index contributed by atoms with van der Waals surface area (Å²) in [5.74, 6) is -1.28. The molecule has 0 N–H and O–H groups in total. The van der Waals surface area contributed by atoms with Gasteiger partial charge in [-0.3, -0.25) is 20.2 Å². The van der Waals surface area contributed by atoms with Gasteiger partial charge in [0.05, 0.1) is 15.9 Å². The summed E-state index contributed by atoms with van der Waals surface area (Å²) in [4.78, 5) is 19.6. The Morgan fingerprint density at radius 3 is 2.18 bits per heavy atom. The van der Waals surface area contributed by atoms with E-state index in [0.29, 0.717) is 12.5 Å². The van der Waals surface area contributed by atoms with Crippen LogP contribution in [0.15, 0.2) is 12.1 Å². The van der Waals surface area contributed by atoms with Gasteiger partial charge in [0.25, 0.3) is 5.69 Å². The molecule has 0 bridgehead atoms. The van der Waals surface area contributed by atoms with Gasteiger partial charge in [-0.2, -0.15) is 4.39 Å². The number of nitro groups is 2. The summed E-state index contributed by atoms with van der Waals surface area (Å²) >= 11 is 0. The molecule has 92 valence electrons. The average molecular weight is 242 g/mol. The van der Waals surface area contributed by atoms with Crippen molar-refractivity contribution < 1.29 is 14.2 Å². The van der Waals surface area contributed by atoms with Gasteiger partial charge in [-0.05, 0) is 18.4 Å². The molecule has 6 nitrogen and oxygen atoms in total. The van der Waals surface area contributed by atoms with Gasteiger partial charge in [0.1, 0.15) is 0 Å². The topological polar surface area (TPSA) is 86.3 Å². The predicted octanol–water partition coefficient (Wildman–Crippen LogP) is 3.16. The van der Waals surface area contributed by atoms with Crippen LogP contribution in [-0.4, -0.2) is 9.85 Å². The molecule has 0 aliphatic heterocycles. The van der Waals surface area contributed by atoms with Gasteiger partial charge < -0.3 is 0 Å². The first kappa shape index (κ1) is 13.0. The SMILES string of the molecule is CC[C@H](C)c1cc(F)c([N+](=O)[O-])cc1[N+](=O)[O-]. The van der Waals surface area contributed by atoms with Crippen molar-refractivity contribution in [3.8, 4) is 0 Å². The lowest BCUT2D eigenvalue weighted by molar-refractivity contribution is -0.396. The van der Waals surface area contributed by atoms with Gasteiger partial charge in [-0.25, -0.2) is 0 Å². The average Bonchev–Trinajstić information content (AvgIpc) is 2.26. The molecule has 0 unspecified atom stereocenters. The van der Waals surface area contributed by atoms with Crippen LogP contribution in [0.5, 0.6) is 0 Å². The molecule has 7 heteroatoms. The van der Waals surface area contributed by atoms with E-state index in [0.717, 1.165) is 6.07 Å². The molecule has 0 amide bonds. The zero-order valence-electron chi connectivity index (χ0n) is 9.34. The van der Waals surface area contributed by atoms with Crippen molar-refractivity contribution in [3.63, 3.8) is 0 Å². The Morgan fingerprint density at radius 2 is 1.76 bits per heavy atom. The Balaban J connectivity index is 3.46. The van der Waals surface area contributed by atoms with E-state index in [9.17, 15) is 24.6 Å². The molecular formula is C10H11FN2O4. The number of halogens is 1. The maximum Gasteiger partial charge on any atom is 0.311 e. The molecule has 0 aliphatic carbocycles. The first-order valence-corrected chi connectivity index (χ1v) is 5.00. The van der Waals surface area contributed by atoms with Gasteiger partial charge in [0.15, 0.2) is 0 Å². The first-order valence-electron chi connectivity index (χ1n) is 5.00. The third-order valence-electron chi connectivity index (χ3n) is 2.63. The number of hydrogen-bond donors (Lipinski definition) is 0. The molecule has 1 aromatic carbocycles. The molecule has 1 rings (SSSR count). The van der Waals surface area contributed by atoms with Gasteiger partial charge in [-0.1, -0.05) is 13.8 Å². The highest BCUT2D eigenvalue weighted by molar-refractivity contribution is 5.51. The van der Waals surface area contributed by atoms with Crippen molar-refractivity contribution in [1.29, 1.82) is 0 Å². The van der Waals surface area contributed by atoms with Crippen LogP contribution in [0.25, 0.3) is 0 Å². The smallest absolute Gasteiger partial charge is 0.258 e. The minimum Gasteiger partial charge on any atom is -0.258 e. The van der Waals surface area contributed by atoms with E-state index in [1.807, 2.05) is 0 Å². The summed E-state index contributed by atoms with van der Waals surface area (Å²) < 4.78 is 13.4. The lowest BCUT2D eigenvalue weighted by atomic mass is 9.96. The molecule has 0 spiro atoms. The predicted molar refractivity (Wildman–Crippen MR) is 58.4 cm³/mol. The van der Waals surface area contributed by atoms with Crippen LogP contribution in [-0.2, 0) is 0 Å². The van der Waals surface area contributed by atoms with Crippen LogP contribution in [0.1, 0.15) is 31.7 Å². The first-order chi connectivity index (χ1) is 7.88. The number of hydrogen-bond acceptors (Lipinski definition) is 4. The zero-order valence-corrected chi connectivity index (χ0v) is 9.34. The summed E-state index contributed by atoms with van der Waals surface area (Å²) in [6.07, 6.45) is 0.581. The van der Waals surface area contributed by atoms with Crippen molar-refractivity contribution in [2.24, 2.45) is 0 Å². The monoisotopic (exact) mass is 242 g/mol. The third kappa shape index (κ3) is 2.55. The molecule has 0 saturated carbocycles. The number of rotatable bonds is 4. The fourth-order valence-electron chi connectivity index (χ4n) is 1.48. The number of nitro benzene ring substituents is 2. The third-order valence-corrected chi connectivity index (χ3v) is 2.63. The number of benzene rings is 1. The quantitative estimate of drug-likeness (QED) is 0.599. The summed E-state index contributed by atoms with van der Waals surface area (Å²) in [5.41, 5.74) is -1.10. The summed E-state index contributed by atoms with van der Waals surface area (Å²) in [7, 11) is 0. The lowest BCUT2D eigenvalue weighted by Crippen LogP contribution is -2.03. The van der Waals surface area contributed by atoms with E-state index in [4.69, 9.17) is 0 Å². The second-order valence-corrected chi connectivity index (χ2v) is 3.69. The Kier molecular flexibility index (Phi) is 3.72. The van der Waals surface area contributed by atoms with Crippen molar-refractivity contribution in [1.82, 2.24) is 0 Å². The largest absolute Gasteiger partial charge is 0.311 e. The second kappa shape index (κ2) is 4.86. The van der Waals surface area contributed by atoms with Crippen LogP contribution >= 0.6 is 0 Å². The minimum absolute atomic E-state index is 0.181. The second-order valence-electron chi connectivity index (χ2n) is 3.69. The van der Waals surface area contributed by atoms with Crippen molar-refractivity contribution in [2.45, 2.75) is 26.2 Å². The highest BCUT2D eigenvalue weighted by Gasteiger charge is 2.26. The van der Waals surface area contributed by atoms with Crippen molar-refractivity contribution in [3.05, 3.63) is 43.7 Å². The highest BCUT2D eigenvalue weighted by Crippen LogP contribution is 2.33. The lowest BCUT2D eigenvalue weighted by Gasteiger charge is -2.09. The maximum absolute atomic E-state index is 13.4. The normalized spacial score (nSPS) is 12.2. The van der Waals surface area contributed by atoms with Gasteiger partial charge >= 0.3 is 5.69 Å². The molecule has 17 heavy (non-hydrogen) atoms. The molecular weight excluding hydrogens is 231 g/mol. The summed E-state index contributed by atoms with van der Waals surface area (Å²) in [6, 6.07) is 1.56. The molecule has 1 atom stereocenters. The van der Waals surface area contributed by atoms with E-state index in [-0.39, 0.29) is 11.5 Å². The van der Waals surface area contributed by atoms with E-state index >= 15 is 0 Å². The van der Waals surface area contributed by atoms with Crippen LogP contribution in [0, 0.1) is 26.0 Å².